The van der Waals surface area contributed by atoms with Gasteiger partial charge >= 0.3 is 0 Å². The summed E-state index contributed by atoms with van der Waals surface area (Å²) in [6.45, 7) is 7.24. The molecule has 1 unspecified atom stereocenters. The molecule has 0 bridgehead atoms. The lowest BCUT2D eigenvalue weighted by atomic mass is 9.71. The van der Waals surface area contributed by atoms with Crippen LogP contribution in [0.15, 0.2) is 24.3 Å². The second-order valence-corrected chi connectivity index (χ2v) is 7.29. The monoisotopic (exact) mass is 291 g/mol. The third-order valence-electron chi connectivity index (χ3n) is 4.93. The Morgan fingerprint density at radius 1 is 1.14 bits per heavy atom. The number of nitrogens with one attached hydrogen (secondary N) is 1. The standard InChI is InChI=1S/C18H29NO2/c1-4-15(14-7-5-6-8-16(14)20)19-13-18(21)11-9-17(2,3)10-12-18/h5-8,15,19-21H,4,9-13H2,1-3H3. The summed E-state index contributed by atoms with van der Waals surface area (Å²) in [7, 11) is 0. The van der Waals surface area contributed by atoms with Gasteiger partial charge in [0.15, 0.2) is 0 Å². The summed E-state index contributed by atoms with van der Waals surface area (Å²) in [5, 5.41) is 24.2. The highest BCUT2D eigenvalue weighted by molar-refractivity contribution is 5.34. The molecule has 0 heterocycles. The molecule has 0 aromatic heterocycles. The fraction of sp³-hybridized carbons (Fsp3) is 0.667. The fourth-order valence-corrected chi connectivity index (χ4v) is 3.14. The molecule has 3 heteroatoms. The Morgan fingerprint density at radius 3 is 2.33 bits per heavy atom. The van der Waals surface area contributed by atoms with E-state index in [1.807, 2.05) is 18.2 Å². The van der Waals surface area contributed by atoms with Crippen LogP contribution in [0, 0.1) is 5.41 Å². The molecule has 0 spiro atoms. The van der Waals surface area contributed by atoms with Crippen molar-refractivity contribution in [3.8, 4) is 5.75 Å². The van der Waals surface area contributed by atoms with Crippen LogP contribution in [0.2, 0.25) is 0 Å². The maximum atomic E-state index is 10.7. The van der Waals surface area contributed by atoms with E-state index in [-0.39, 0.29) is 6.04 Å². The van der Waals surface area contributed by atoms with Crippen LogP contribution in [-0.4, -0.2) is 22.4 Å². The first-order valence-corrected chi connectivity index (χ1v) is 8.09. The summed E-state index contributed by atoms with van der Waals surface area (Å²) >= 11 is 0. The van der Waals surface area contributed by atoms with E-state index >= 15 is 0 Å². The molecule has 1 aromatic rings. The number of hydrogen-bond donors (Lipinski definition) is 3. The van der Waals surface area contributed by atoms with Crippen molar-refractivity contribution in [2.24, 2.45) is 5.41 Å². The van der Waals surface area contributed by atoms with Crippen molar-refractivity contribution in [1.29, 1.82) is 0 Å². The molecule has 1 saturated carbocycles. The zero-order chi connectivity index (χ0) is 15.5. The van der Waals surface area contributed by atoms with Crippen molar-refractivity contribution in [2.45, 2.75) is 64.5 Å². The van der Waals surface area contributed by atoms with Crippen molar-refractivity contribution in [3.05, 3.63) is 29.8 Å². The van der Waals surface area contributed by atoms with Gasteiger partial charge in [-0.25, -0.2) is 0 Å². The predicted molar refractivity (Wildman–Crippen MR) is 86.3 cm³/mol. The predicted octanol–water partition coefficient (Wildman–Crippen LogP) is 3.76. The van der Waals surface area contributed by atoms with Gasteiger partial charge in [0.25, 0.3) is 0 Å². The molecule has 1 aromatic carbocycles. The number of phenols is 1. The van der Waals surface area contributed by atoms with Gasteiger partial charge in [0.1, 0.15) is 5.75 Å². The van der Waals surface area contributed by atoms with Crippen molar-refractivity contribution in [3.63, 3.8) is 0 Å². The van der Waals surface area contributed by atoms with Gasteiger partial charge in [0.05, 0.1) is 5.60 Å². The Balaban J connectivity index is 1.96. The van der Waals surface area contributed by atoms with Gasteiger partial charge in [0, 0.05) is 18.2 Å². The molecule has 3 N–H and O–H groups in total. The van der Waals surface area contributed by atoms with Gasteiger partial charge < -0.3 is 15.5 Å². The highest BCUT2D eigenvalue weighted by atomic mass is 16.3. The molecule has 0 amide bonds. The molecular formula is C18H29NO2. The molecule has 21 heavy (non-hydrogen) atoms. The van der Waals surface area contributed by atoms with Crippen LogP contribution in [0.5, 0.6) is 5.75 Å². The number of para-hydroxylation sites is 1. The third kappa shape index (κ3) is 4.21. The lowest BCUT2D eigenvalue weighted by Crippen LogP contribution is -2.45. The second kappa shape index (κ2) is 6.37. The summed E-state index contributed by atoms with van der Waals surface area (Å²) in [4.78, 5) is 0. The highest BCUT2D eigenvalue weighted by Gasteiger charge is 2.36. The van der Waals surface area contributed by atoms with Crippen molar-refractivity contribution >= 4 is 0 Å². The van der Waals surface area contributed by atoms with E-state index in [4.69, 9.17) is 0 Å². The van der Waals surface area contributed by atoms with Crippen molar-refractivity contribution in [1.82, 2.24) is 5.32 Å². The Morgan fingerprint density at radius 2 is 1.76 bits per heavy atom. The molecule has 1 aliphatic carbocycles. The zero-order valence-corrected chi connectivity index (χ0v) is 13.5. The zero-order valence-electron chi connectivity index (χ0n) is 13.5. The minimum Gasteiger partial charge on any atom is -0.508 e. The summed E-state index contributed by atoms with van der Waals surface area (Å²) in [6.07, 6.45) is 4.73. The van der Waals surface area contributed by atoms with Gasteiger partial charge in [-0.15, -0.1) is 0 Å². The number of aromatic hydroxyl groups is 1. The fourth-order valence-electron chi connectivity index (χ4n) is 3.14. The molecule has 3 nitrogen and oxygen atoms in total. The van der Waals surface area contributed by atoms with Crippen molar-refractivity contribution in [2.75, 3.05) is 6.54 Å². The number of benzene rings is 1. The molecule has 118 valence electrons. The molecule has 1 fully saturated rings. The maximum Gasteiger partial charge on any atom is 0.120 e. The van der Waals surface area contributed by atoms with Crippen LogP contribution in [0.3, 0.4) is 0 Å². The van der Waals surface area contributed by atoms with E-state index < -0.39 is 5.60 Å². The second-order valence-electron chi connectivity index (χ2n) is 7.29. The first-order valence-electron chi connectivity index (χ1n) is 8.09. The van der Waals surface area contributed by atoms with Crippen LogP contribution in [0.4, 0.5) is 0 Å². The van der Waals surface area contributed by atoms with Crippen LogP contribution in [0.25, 0.3) is 0 Å². The molecule has 2 rings (SSSR count). The lowest BCUT2D eigenvalue weighted by molar-refractivity contribution is -0.0262. The average molecular weight is 291 g/mol. The first-order chi connectivity index (χ1) is 9.85. The summed E-state index contributed by atoms with van der Waals surface area (Å²) in [6, 6.07) is 7.53. The molecule has 0 saturated heterocycles. The highest BCUT2D eigenvalue weighted by Crippen LogP contribution is 2.40. The summed E-state index contributed by atoms with van der Waals surface area (Å²) in [5.41, 5.74) is 0.668. The Bertz CT molecular complexity index is 460. The van der Waals surface area contributed by atoms with E-state index in [1.165, 1.54) is 0 Å². The number of hydrogen-bond acceptors (Lipinski definition) is 3. The van der Waals surface area contributed by atoms with Crippen LogP contribution in [0.1, 0.15) is 64.5 Å². The lowest BCUT2D eigenvalue weighted by Gasteiger charge is -2.41. The Hall–Kier alpha value is -1.06. The van der Waals surface area contributed by atoms with E-state index in [0.29, 0.717) is 17.7 Å². The molecular weight excluding hydrogens is 262 g/mol. The number of rotatable bonds is 5. The first kappa shape index (κ1) is 16.3. The number of aliphatic hydroxyl groups is 1. The number of phenolic OH excluding ortho intramolecular Hbond substituents is 1. The van der Waals surface area contributed by atoms with Crippen LogP contribution >= 0.6 is 0 Å². The molecule has 0 radical (unpaired) electrons. The minimum absolute atomic E-state index is 0.0881. The van der Waals surface area contributed by atoms with E-state index in [0.717, 1.165) is 37.7 Å². The summed E-state index contributed by atoms with van der Waals surface area (Å²) in [5.74, 6) is 0.327. The largest absolute Gasteiger partial charge is 0.508 e. The maximum absolute atomic E-state index is 10.7. The SMILES string of the molecule is CCC(NCC1(O)CCC(C)(C)CC1)c1ccccc1O. The molecule has 0 aliphatic heterocycles. The Kier molecular flexibility index (Phi) is 4.95. The van der Waals surface area contributed by atoms with Crippen LogP contribution < -0.4 is 5.32 Å². The van der Waals surface area contributed by atoms with E-state index in [9.17, 15) is 10.2 Å². The Labute approximate surface area is 128 Å². The van der Waals surface area contributed by atoms with Crippen molar-refractivity contribution < 1.29 is 10.2 Å². The topological polar surface area (TPSA) is 52.5 Å². The van der Waals surface area contributed by atoms with E-state index in [2.05, 4.69) is 26.1 Å². The smallest absolute Gasteiger partial charge is 0.120 e. The normalized spacial score (nSPS) is 21.9. The van der Waals surface area contributed by atoms with Gasteiger partial charge in [-0.1, -0.05) is 39.0 Å². The third-order valence-corrected chi connectivity index (χ3v) is 4.93. The minimum atomic E-state index is -0.604. The summed E-state index contributed by atoms with van der Waals surface area (Å²) < 4.78 is 0. The molecule has 1 atom stereocenters. The average Bonchev–Trinajstić information content (AvgIpc) is 2.45. The quantitative estimate of drug-likeness (QED) is 0.774. The molecule has 1 aliphatic rings. The van der Waals surface area contributed by atoms with Gasteiger partial charge in [-0.05, 0) is 43.6 Å². The van der Waals surface area contributed by atoms with Crippen LogP contribution in [-0.2, 0) is 0 Å². The van der Waals surface area contributed by atoms with Gasteiger partial charge in [-0.2, -0.15) is 0 Å². The van der Waals surface area contributed by atoms with Gasteiger partial charge in [-0.3, -0.25) is 0 Å². The van der Waals surface area contributed by atoms with E-state index in [1.54, 1.807) is 6.07 Å². The van der Waals surface area contributed by atoms with Gasteiger partial charge in [0.2, 0.25) is 0 Å².